The van der Waals surface area contributed by atoms with Gasteiger partial charge in [-0.2, -0.15) is 0 Å². The second-order valence-electron chi connectivity index (χ2n) is 5.99. The van der Waals surface area contributed by atoms with Crippen molar-refractivity contribution >= 4 is 29.2 Å². The topological polar surface area (TPSA) is 45.2 Å². The monoisotopic (exact) mass is 341 g/mol. The molecule has 1 amide bonds. The van der Waals surface area contributed by atoms with Crippen LogP contribution in [0.2, 0.25) is 0 Å². The Labute approximate surface area is 147 Å². The first kappa shape index (κ1) is 16.8. The molecule has 1 aromatic heterocycles. The van der Waals surface area contributed by atoms with Crippen LogP contribution in [0.4, 0.5) is 11.5 Å². The summed E-state index contributed by atoms with van der Waals surface area (Å²) in [7, 11) is 1.83. The first-order valence-corrected chi connectivity index (χ1v) is 9.53. The predicted octanol–water partition coefficient (Wildman–Crippen LogP) is 3.76. The Hall–Kier alpha value is -2.01. The maximum atomic E-state index is 12.4. The lowest BCUT2D eigenvalue weighted by atomic mass is 10.1. The van der Waals surface area contributed by atoms with E-state index in [1.807, 2.05) is 43.6 Å². The molecule has 2 heterocycles. The third kappa shape index (κ3) is 3.90. The molecule has 0 spiro atoms. The molecule has 0 unspecified atom stereocenters. The van der Waals surface area contributed by atoms with Crippen LogP contribution < -0.4 is 10.2 Å². The molecule has 0 saturated carbocycles. The third-order valence-corrected chi connectivity index (χ3v) is 5.12. The van der Waals surface area contributed by atoms with Crippen LogP contribution in [0.5, 0.6) is 0 Å². The number of carbonyl (C=O) groups is 1. The van der Waals surface area contributed by atoms with E-state index in [4.69, 9.17) is 0 Å². The van der Waals surface area contributed by atoms with Crippen molar-refractivity contribution in [1.82, 2.24) is 4.98 Å². The molecule has 0 bridgehead atoms. The molecular weight excluding hydrogens is 318 g/mol. The molecule has 1 N–H and O–H groups in total. The molecule has 0 atom stereocenters. The molecule has 0 fully saturated rings. The molecule has 126 valence electrons. The first-order chi connectivity index (χ1) is 11.7. The summed E-state index contributed by atoms with van der Waals surface area (Å²) in [5, 5.41) is 3.34. The number of fused-ring (bicyclic) bond motifs is 1. The summed E-state index contributed by atoms with van der Waals surface area (Å²) in [5.41, 5.74) is 3.18. The lowest BCUT2D eigenvalue weighted by molar-refractivity contribution is -0.118. The molecular formula is C19H23N3OS. The third-order valence-electron chi connectivity index (χ3n) is 4.38. The molecule has 1 aliphatic rings. The van der Waals surface area contributed by atoms with Crippen LogP contribution in [0.1, 0.15) is 24.1 Å². The summed E-state index contributed by atoms with van der Waals surface area (Å²) in [5.74, 6) is 1.10. The van der Waals surface area contributed by atoms with Crippen LogP contribution in [0, 0.1) is 0 Å². The Bertz CT molecular complexity index is 715. The molecule has 24 heavy (non-hydrogen) atoms. The largest absolute Gasteiger partial charge is 0.370 e. The average Bonchev–Trinajstić information content (AvgIpc) is 2.65. The lowest BCUT2D eigenvalue weighted by Gasteiger charge is -2.19. The maximum absolute atomic E-state index is 12.4. The Balaban J connectivity index is 1.60. The number of amides is 1. The van der Waals surface area contributed by atoms with Crippen molar-refractivity contribution < 1.29 is 4.79 Å². The zero-order chi connectivity index (χ0) is 16.9. The summed E-state index contributed by atoms with van der Waals surface area (Å²) in [6, 6.07) is 12.3. The van der Waals surface area contributed by atoms with Crippen molar-refractivity contribution in [2.45, 2.75) is 30.6 Å². The quantitative estimate of drug-likeness (QED) is 0.841. The van der Waals surface area contributed by atoms with Crippen molar-refractivity contribution in [2.24, 2.45) is 0 Å². The molecule has 1 aliphatic heterocycles. The predicted molar refractivity (Wildman–Crippen MR) is 101 cm³/mol. The minimum Gasteiger partial charge on any atom is -0.370 e. The van der Waals surface area contributed by atoms with Gasteiger partial charge in [-0.3, -0.25) is 4.79 Å². The molecule has 3 rings (SSSR count). The van der Waals surface area contributed by atoms with Gasteiger partial charge in [0.25, 0.3) is 0 Å². The summed E-state index contributed by atoms with van der Waals surface area (Å²) in [6.45, 7) is 0.983. The fraction of sp³-hybridized carbons (Fsp3) is 0.368. The normalized spacial score (nSPS) is 13.1. The van der Waals surface area contributed by atoms with E-state index in [-0.39, 0.29) is 5.91 Å². The summed E-state index contributed by atoms with van der Waals surface area (Å²) >= 11 is 1.70. The average molecular weight is 341 g/mol. The van der Waals surface area contributed by atoms with E-state index in [9.17, 15) is 4.79 Å². The van der Waals surface area contributed by atoms with Gasteiger partial charge in [-0.05, 0) is 61.4 Å². The number of aromatic nitrogens is 1. The minimum absolute atomic E-state index is 0.111. The Morgan fingerprint density at radius 1 is 1.25 bits per heavy atom. The van der Waals surface area contributed by atoms with Gasteiger partial charge in [-0.1, -0.05) is 6.07 Å². The molecule has 0 saturated heterocycles. The second kappa shape index (κ2) is 7.71. The number of thioether (sulfide) groups is 1. The van der Waals surface area contributed by atoms with E-state index in [0.717, 1.165) is 36.6 Å². The van der Waals surface area contributed by atoms with Crippen molar-refractivity contribution in [3.63, 3.8) is 0 Å². The maximum Gasteiger partial charge on any atom is 0.227 e. The molecule has 5 heteroatoms. The number of pyridine rings is 1. The van der Waals surface area contributed by atoms with Gasteiger partial charge in [-0.15, -0.1) is 11.8 Å². The van der Waals surface area contributed by atoms with Crippen LogP contribution in [-0.4, -0.2) is 30.7 Å². The Morgan fingerprint density at radius 2 is 2.04 bits per heavy atom. The fourth-order valence-electron chi connectivity index (χ4n) is 2.86. The SMILES string of the molecule is CSc1ccc(N(C)C(=O)CCc2ccc3c(n2)NCCC3)cc1. The number of nitrogens with one attached hydrogen (secondary N) is 1. The summed E-state index contributed by atoms with van der Waals surface area (Å²) in [4.78, 5) is 20.0. The highest BCUT2D eigenvalue weighted by Crippen LogP contribution is 2.22. The number of benzene rings is 1. The van der Waals surface area contributed by atoms with Crippen LogP contribution >= 0.6 is 11.8 Å². The second-order valence-corrected chi connectivity index (χ2v) is 6.87. The fourth-order valence-corrected chi connectivity index (χ4v) is 3.27. The van der Waals surface area contributed by atoms with E-state index >= 15 is 0 Å². The smallest absolute Gasteiger partial charge is 0.227 e. The number of hydrogen-bond acceptors (Lipinski definition) is 4. The Morgan fingerprint density at radius 3 is 2.79 bits per heavy atom. The van der Waals surface area contributed by atoms with E-state index in [1.165, 1.54) is 10.5 Å². The summed E-state index contributed by atoms with van der Waals surface area (Å²) in [6.07, 6.45) is 5.42. The standard InChI is InChI=1S/C19H23N3OS/c1-22(16-8-10-17(24-2)11-9-16)18(23)12-7-15-6-5-14-4-3-13-20-19(14)21-15/h5-6,8-11H,3-4,7,12-13H2,1-2H3,(H,20,21). The van der Waals surface area contributed by atoms with Gasteiger partial charge in [0.15, 0.2) is 0 Å². The molecule has 0 radical (unpaired) electrons. The number of nitrogens with zero attached hydrogens (tertiary/aromatic N) is 2. The lowest BCUT2D eigenvalue weighted by Crippen LogP contribution is -2.26. The number of hydrogen-bond donors (Lipinski definition) is 1. The Kier molecular flexibility index (Phi) is 5.41. The molecule has 2 aromatic rings. The van der Waals surface area contributed by atoms with Gasteiger partial charge in [0, 0.05) is 36.3 Å². The molecule has 4 nitrogen and oxygen atoms in total. The first-order valence-electron chi connectivity index (χ1n) is 8.30. The van der Waals surface area contributed by atoms with Gasteiger partial charge in [0.1, 0.15) is 5.82 Å². The molecule has 0 aliphatic carbocycles. The molecule has 1 aromatic carbocycles. The van der Waals surface area contributed by atoms with Crippen LogP contribution in [0.3, 0.4) is 0 Å². The van der Waals surface area contributed by atoms with Crippen LogP contribution in [0.25, 0.3) is 0 Å². The van der Waals surface area contributed by atoms with Gasteiger partial charge in [0.05, 0.1) is 0 Å². The minimum atomic E-state index is 0.111. The van der Waals surface area contributed by atoms with Gasteiger partial charge >= 0.3 is 0 Å². The highest BCUT2D eigenvalue weighted by Gasteiger charge is 2.13. The van der Waals surface area contributed by atoms with E-state index < -0.39 is 0 Å². The number of anilines is 2. The zero-order valence-electron chi connectivity index (χ0n) is 14.2. The van der Waals surface area contributed by atoms with Crippen molar-refractivity contribution in [3.8, 4) is 0 Å². The van der Waals surface area contributed by atoms with E-state index in [0.29, 0.717) is 12.8 Å². The van der Waals surface area contributed by atoms with Gasteiger partial charge < -0.3 is 10.2 Å². The van der Waals surface area contributed by atoms with Crippen molar-refractivity contribution in [1.29, 1.82) is 0 Å². The highest BCUT2D eigenvalue weighted by molar-refractivity contribution is 7.98. The van der Waals surface area contributed by atoms with E-state index in [2.05, 4.69) is 16.4 Å². The summed E-state index contributed by atoms with van der Waals surface area (Å²) < 4.78 is 0. The zero-order valence-corrected chi connectivity index (χ0v) is 15.0. The number of carbonyl (C=O) groups excluding carboxylic acids is 1. The number of aryl methyl sites for hydroxylation is 2. The number of rotatable bonds is 5. The van der Waals surface area contributed by atoms with Crippen molar-refractivity contribution in [3.05, 3.63) is 47.7 Å². The highest BCUT2D eigenvalue weighted by atomic mass is 32.2. The van der Waals surface area contributed by atoms with Crippen LogP contribution in [-0.2, 0) is 17.6 Å². The van der Waals surface area contributed by atoms with Gasteiger partial charge in [0.2, 0.25) is 5.91 Å². The van der Waals surface area contributed by atoms with Crippen LogP contribution in [0.15, 0.2) is 41.3 Å². The van der Waals surface area contributed by atoms with Crippen molar-refractivity contribution in [2.75, 3.05) is 30.1 Å². The van der Waals surface area contributed by atoms with Gasteiger partial charge in [-0.25, -0.2) is 4.98 Å². The van der Waals surface area contributed by atoms with E-state index in [1.54, 1.807) is 16.7 Å².